The highest BCUT2D eigenvalue weighted by atomic mass is 16.3. The van der Waals surface area contributed by atoms with Gasteiger partial charge in [-0.15, -0.1) is 0 Å². The Morgan fingerprint density at radius 2 is 2.09 bits per heavy atom. The first-order valence-corrected chi connectivity index (χ1v) is 11.3. The molecule has 0 spiro atoms. The van der Waals surface area contributed by atoms with Crippen molar-refractivity contribution in [3.05, 3.63) is 54.2 Å². The van der Waals surface area contributed by atoms with Gasteiger partial charge in [-0.3, -0.25) is 14.9 Å². The van der Waals surface area contributed by atoms with Crippen LogP contribution in [0.5, 0.6) is 0 Å². The average molecular weight is 444 g/mol. The monoisotopic (exact) mass is 444 g/mol. The molecule has 3 N–H and O–H groups in total. The second-order valence-electron chi connectivity index (χ2n) is 8.51. The molecule has 2 aliphatic rings. The predicted molar refractivity (Wildman–Crippen MR) is 122 cm³/mol. The largest absolute Gasteiger partial charge is 0.459 e. The van der Waals surface area contributed by atoms with Gasteiger partial charge in [0.25, 0.3) is 5.91 Å². The lowest BCUT2D eigenvalue weighted by atomic mass is 9.93. The van der Waals surface area contributed by atoms with E-state index in [2.05, 4.69) is 30.7 Å². The van der Waals surface area contributed by atoms with Crippen LogP contribution in [0.3, 0.4) is 0 Å². The SMILES string of the molecule is O=C(NC1CCC1)c1cc(Nc2nc(N3CCCC3c3ccccn3)nc3ccoc23)n[nH]1. The molecule has 4 aromatic rings. The Bertz CT molecular complexity index is 1280. The average Bonchev–Trinajstić information content (AvgIpc) is 3.57. The van der Waals surface area contributed by atoms with Gasteiger partial charge in [-0.05, 0) is 44.2 Å². The summed E-state index contributed by atoms with van der Waals surface area (Å²) in [6.45, 7) is 0.845. The number of aromatic nitrogens is 5. The van der Waals surface area contributed by atoms with Crippen molar-refractivity contribution in [1.29, 1.82) is 0 Å². The summed E-state index contributed by atoms with van der Waals surface area (Å²) in [6.07, 6.45) is 8.66. The smallest absolute Gasteiger partial charge is 0.269 e. The Hall–Kier alpha value is -3.95. The Balaban J connectivity index is 1.28. The van der Waals surface area contributed by atoms with Crippen LogP contribution in [0.1, 0.15) is 54.3 Å². The van der Waals surface area contributed by atoms with E-state index in [1.807, 2.05) is 30.5 Å². The highest BCUT2D eigenvalue weighted by Crippen LogP contribution is 2.35. The summed E-state index contributed by atoms with van der Waals surface area (Å²) in [7, 11) is 0. The zero-order valence-corrected chi connectivity index (χ0v) is 18.0. The number of nitrogens with one attached hydrogen (secondary N) is 3. The van der Waals surface area contributed by atoms with E-state index in [1.54, 1.807) is 12.3 Å². The van der Waals surface area contributed by atoms with Crippen molar-refractivity contribution in [2.24, 2.45) is 0 Å². The Morgan fingerprint density at radius 1 is 1.15 bits per heavy atom. The van der Waals surface area contributed by atoms with Crippen LogP contribution in [0, 0.1) is 0 Å². The standard InChI is InChI=1S/C23H24N8O2/c32-22(25-14-5-3-6-14)17-13-19(30-29-17)27-21-20-16(9-12-33-20)26-23(28-21)31-11-4-8-18(31)15-7-1-2-10-24-15/h1-2,7,9-10,12-14,18H,3-6,8,11H2,(H,25,32)(H2,26,27,28,29,30). The molecule has 1 amide bonds. The number of nitrogens with zero attached hydrogens (tertiary/aromatic N) is 5. The second kappa shape index (κ2) is 8.19. The van der Waals surface area contributed by atoms with E-state index in [-0.39, 0.29) is 18.0 Å². The van der Waals surface area contributed by atoms with Crippen LogP contribution in [0.2, 0.25) is 0 Å². The fraction of sp³-hybridized carbons (Fsp3) is 0.348. The van der Waals surface area contributed by atoms with Crippen LogP contribution in [0.4, 0.5) is 17.6 Å². The molecule has 1 unspecified atom stereocenters. The van der Waals surface area contributed by atoms with Gasteiger partial charge in [0.2, 0.25) is 5.95 Å². The second-order valence-corrected chi connectivity index (χ2v) is 8.51. The summed E-state index contributed by atoms with van der Waals surface area (Å²) in [5, 5.41) is 13.3. The van der Waals surface area contributed by atoms with E-state index >= 15 is 0 Å². The van der Waals surface area contributed by atoms with Crippen molar-refractivity contribution in [3.8, 4) is 0 Å². The predicted octanol–water partition coefficient (Wildman–Crippen LogP) is 3.71. The van der Waals surface area contributed by atoms with Gasteiger partial charge in [0.1, 0.15) is 11.2 Å². The molecule has 1 aliphatic heterocycles. The van der Waals surface area contributed by atoms with E-state index in [1.165, 1.54) is 0 Å². The summed E-state index contributed by atoms with van der Waals surface area (Å²) in [5.74, 6) is 1.45. The van der Waals surface area contributed by atoms with Gasteiger partial charge in [-0.25, -0.2) is 4.98 Å². The number of rotatable bonds is 6. The molecule has 1 atom stereocenters. The minimum absolute atomic E-state index is 0.121. The van der Waals surface area contributed by atoms with E-state index < -0.39 is 0 Å². The molecule has 5 heterocycles. The fourth-order valence-electron chi connectivity index (χ4n) is 4.39. The lowest BCUT2D eigenvalue weighted by molar-refractivity contribution is 0.0912. The third kappa shape index (κ3) is 3.77. The number of pyridine rings is 1. The summed E-state index contributed by atoms with van der Waals surface area (Å²) >= 11 is 0. The summed E-state index contributed by atoms with van der Waals surface area (Å²) < 4.78 is 5.64. The lowest BCUT2D eigenvalue weighted by Gasteiger charge is -2.25. The van der Waals surface area contributed by atoms with Crippen LogP contribution >= 0.6 is 0 Å². The summed E-state index contributed by atoms with van der Waals surface area (Å²) in [4.78, 5) is 28.7. The third-order valence-corrected chi connectivity index (χ3v) is 6.34. The van der Waals surface area contributed by atoms with Crippen LogP contribution in [0.25, 0.3) is 11.1 Å². The Kier molecular flexibility index (Phi) is 4.89. The van der Waals surface area contributed by atoms with E-state index in [0.717, 1.165) is 44.3 Å². The zero-order chi connectivity index (χ0) is 22.2. The number of aromatic amines is 1. The van der Waals surface area contributed by atoms with E-state index in [4.69, 9.17) is 14.4 Å². The number of hydrogen-bond acceptors (Lipinski definition) is 8. The van der Waals surface area contributed by atoms with Crippen molar-refractivity contribution >= 4 is 34.6 Å². The molecule has 4 aromatic heterocycles. The van der Waals surface area contributed by atoms with Gasteiger partial charge < -0.3 is 20.0 Å². The van der Waals surface area contributed by atoms with Crippen molar-refractivity contribution in [3.63, 3.8) is 0 Å². The normalized spacial score (nSPS) is 18.4. The molecule has 168 valence electrons. The van der Waals surface area contributed by atoms with Crippen molar-refractivity contribution in [2.75, 3.05) is 16.8 Å². The van der Waals surface area contributed by atoms with Crippen molar-refractivity contribution in [1.82, 2.24) is 30.5 Å². The molecule has 0 aromatic carbocycles. The first-order chi connectivity index (χ1) is 16.2. The topological polar surface area (TPSA) is 125 Å². The molecule has 1 aliphatic carbocycles. The minimum atomic E-state index is -0.151. The van der Waals surface area contributed by atoms with Crippen LogP contribution in [0.15, 0.2) is 47.2 Å². The highest BCUT2D eigenvalue weighted by molar-refractivity contribution is 5.94. The van der Waals surface area contributed by atoms with Crippen molar-refractivity contribution < 1.29 is 9.21 Å². The van der Waals surface area contributed by atoms with Gasteiger partial charge in [-0.1, -0.05) is 6.07 Å². The molecule has 6 rings (SSSR count). The Labute approximate surface area is 189 Å². The summed E-state index contributed by atoms with van der Waals surface area (Å²) in [5.41, 5.74) is 2.66. The number of H-pyrrole nitrogens is 1. The highest BCUT2D eigenvalue weighted by Gasteiger charge is 2.30. The van der Waals surface area contributed by atoms with E-state index in [9.17, 15) is 4.79 Å². The fourth-order valence-corrected chi connectivity index (χ4v) is 4.39. The summed E-state index contributed by atoms with van der Waals surface area (Å²) in [6, 6.07) is 9.84. The number of carbonyl (C=O) groups is 1. The number of furan rings is 1. The van der Waals surface area contributed by atoms with Crippen LogP contribution < -0.4 is 15.5 Å². The van der Waals surface area contributed by atoms with Gasteiger partial charge in [0.15, 0.2) is 17.2 Å². The van der Waals surface area contributed by atoms with Gasteiger partial charge >= 0.3 is 0 Å². The van der Waals surface area contributed by atoms with E-state index in [0.29, 0.717) is 34.4 Å². The number of fused-ring (bicyclic) bond motifs is 1. The maximum absolute atomic E-state index is 12.4. The van der Waals surface area contributed by atoms with Gasteiger partial charge in [0.05, 0.1) is 18.0 Å². The molecule has 1 saturated carbocycles. The lowest BCUT2D eigenvalue weighted by Crippen LogP contribution is -2.39. The molecular weight excluding hydrogens is 420 g/mol. The molecular formula is C23H24N8O2. The minimum Gasteiger partial charge on any atom is -0.459 e. The molecule has 33 heavy (non-hydrogen) atoms. The molecule has 1 saturated heterocycles. The van der Waals surface area contributed by atoms with Crippen LogP contribution in [-0.2, 0) is 0 Å². The third-order valence-electron chi connectivity index (χ3n) is 6.34. The maximum atomic E-state index is 12.4. The molecule has 10 nitrogen and oxygen atoms in total. The first kappa shape index (κ1) is 19.7. The molecule has 0 radical (unpaired) electrons. The number of amides is 1. The zero-order valence-electron chi connectivity index (χ0n) is 18.0. The quantitative estimate of drug-likeness (QED) is 0.411. The van der Waals surface area contributed by atoms with Crippen molar-refractivity contribution in [2.45, 2.75) is 44.2 Å². The number of hydrogen-bond donors (Lipinski definition) is 3. The molecule has 10 heteroatoms. The Morgan fingerprint density at radius 3 is 2.91 bits per heavy atom. The van der Waals surface area contributed by atoms with Gasteiger partial charge in [-0.2, -0.15) is 10.1 Å². The number of anilines is 3. The molecule has 2 fully saturated rings. The maximum Gasteiger partial charge on any atom is 0.269 e. The number of carbonyl (C=O) groups excluding carboxylic acids is 1. The van der Waals surface area contributed by atoms with Gasteiger partial charge in [0, 0.05) is 30.9 Å². The van der Waals surface area contributed by atoms with Crippen LogP contribution in [-0.4, -0.2) is 43.6 Å². The first-order valence-electron chi connectivity index (χ1n) is 11.3. The molecule has 0 bridgehead atoms.